The van der Waals surface area contributed by atoms with Crippen molar-refractivity contribution >= 4 is 38.3 Å². The van der Waals surface area contributed by atoms with Crippen LogP contribution in [-0.4, -0.2) is 23.7 Å². The van der Waals surface area contributed by atoms with Gasteiger partial charge < -0.3 is 10.1 Å². The van der Waals surface area contributed by atoms with Crippen molar-refractivity contribution in [3.63, 3.8) is 0 Å². The first-order valence-corrected chi connectivity index (χ1v) is 7.80. The first kappa shape index (κ1) is 15.2. The highest BCUT2D eigenvalue weighted by atomic mass is 32.1. The molecule has 3 rings (SSSR count). The Kier molecular flexibility index (Phi) is 4.08. The molecule has 0 atom stereocenters. The number of anilines is 1. The van der Waals surface area contributed by atoms with Crippen LogP contribution in [0.15, 0.2) is 42.5 Å². The Morgan fingerprint density at radius 2 is 1.87 bits per heavy atom. The number of carbonyl (C=O) groups is 1. The molecule has 1 heterocycles. The molecule has 3 aromatic rings. The SMILES string of the molecule is COc1ccc2nc(NC(=O)c3ccc(C(C)=N)cc3)sc2c1. The third-order valence-electron chi connectivity index (χ3n) is 3.40. The summed E-state index contributed by atoms with van der Waals surface area (Å²) in [6, 6.07) is 12.5. The first-order valence-electron chi connectivity index (χ1n) is 6.98. The fourth-order valence-electron chi connectivity index (χ4n) is 2.13. The van der Waals surface area contributed by atoms with Crippen LogP contribution in [0.1, 0.15) is 22.8 Å². The molecule has 0 radical (unpaired) electrons. The number of hydrogen-bond acceptors (Lipinski definition) is 5. The molecule has 0 saturated heterocycles. The topological polar surface area (TPSA) is 75.1 Å². The number of ether oxygens (including phenoxy) is 1. The lowest BCUT2D eigenvalue weighted by molar-refractivity contribution is 0.102. The molecule has 2 aromatic carbocycles. The van der Waals surface area contributed by atoms with Gasteiger partial charge in [-0.05, 0) is 42.8 Å². The summed E-state index contributed by atoms with van der Waals surface area (Å²) in [5.74, 6) is 0.543. The van der Waals surface area contributed by atoms with Crippen molar-refractivity contribution in [2.45, 2.75) is 6.92 Å². The van der Waals surface area contributed by atoms with Gasteiger partial charge in [-0.1, -0.05) is 23.5 Å². The second kappa shape index (κ2) is 6.18. The molecule has 6 heteroatoms. The Morgan fingerprint density at radius 3 is 2.52 bits per heavy atom. The lowest BCUT2D eigenvalue weighted by Crippen LogP contribution is -2.11. The van der Waals surface area contributed by atoms with Gasteiger partial charge in [0.05, 0.1) is 17.3 Å². The van der Waals surface area contributed by atoms with E-state index in [9.17, 15) is 4.79 Å². The van der Waals surface area contributed by atoms with E-state index in [0.29, 0.717) is 16.4 Å². The standard InChI is InChI=1S/C17H15N3O2S/c1-10(18)11-3-5-12(6-4-11)16(21)20-17-19-14-8-7-13(22-2)9-15(14)23-17/h3-9,18H,1-2H3,(H,19,20,21). The summed E-state index contributed by atoms with van der Waals surface area (Å²) >= 11 is 1.40. The van der Waals surface area contributed by atoms with Crippen LogP contribution in [0.4, 0.5) is 5.13 Å². The highest BCUT2D eigenvalue weighted by molar-refractivity contribution is 7.22. The Balaban J connectivity index is 1.80. The van der Waals surface area contributed by atoms with Gasteiger partial charge in [0.15, 0.2) is 5.13 Å². The number of nitrogens with zero attached hydrogens (tertiary/aromatic N) is 1. The van der Waals surface area contributed by atoms with Gasteiger partial charge in [0.1, 0.15) is 5.75 Å². The van der Waals surface area contributed by atoms with Gasteiger partial charge in [-0.2, -0.15) is 0 Å². The smallest absolute Gasteiger partial charge is 0.257 e. The minimum absolute atomic E-state index is 0.217. The van der Waals surface area contributed by atoms with Crippen molar-refractivity contribution < 1.29 is 9.53 Å². The summed E-state index contributed by atoms with van der Waals surface area (Å²) in [6.07, 6.45) is 0. The van der Waals surface area contributed by atoms with Crippen molar-refractivity contribution in [3.8, 4) is 5.75 Å². The largest absolute Gasteiger partial charge is 0.497 e. The van der Waals surface area contributed by atoms with Crippen molar-refractivity contribution in [2.24, 2.45) is 0 Å². The van der Waals surface area contributed by atoms with Gasteiger partial charge in [0.2, 0.25) is 0 Å². The third-order valence-corrected chi connectivity index (χ3v) is 4.33. The van der Waals surface area contributed by atoms with E-state index in [1.165, 1.54) is 11.3 Å². The molecular formula is C17H15N3O2S. The number of aromatic nitrogens is 1. The van der Waals surface area contributed by atoms with Crippen molar-refractivity contribution in [2.75, 3.05) is 12.4 Å². The predicted molar refractivity (Wildman–Crippen MR) is 93.1 cm³/mol. The number of benzene rings is 2. The number of nitrogens with one attached hydrogen (secondary N) is 2. The highest BCUT2D eigenvalue weighted by Crippen LogP contribution is 2.29. The molecular weight excluding hydrogens is 310 g/mol. The average Bonchev–Trinajstić information content (AvgIpc) is 2.95. The maximum atomic E-state index is 12.3. The lowest BCUT2D eigenvalue weighted by Gasteiger charge is -2.03. The second-order valence-corrected chi connectivity index (χ2v) is 6.04. The number of amides is 1. The molecule has 2 N–H and O–H groups in total. The fourth-order valence-corrected chi connectivity index (χ4v) is 3.02. The first-order chi connectivity index (χ1) is 11.1. The summed E-state index contributed by atoms with van der Waals surface area (Å²) in [5, 5.41) is 10.9. The van der Waals surface area contributed by atoms with E-state index in [-0.39, 0.29) is 5.91 Å². The number of thiazole rings is 1. The van der Waals surface area contributed by atoms with Crippen LogP contribution in [0.25, 0.3) is 10.2 Å². The Bertz CT molecular complexity index is 884. The zero-order chi connectivity index (χ0) is 16.4. The van der Waals surface area contributed by atoms with E-state index < -0.39 is 0 Å². The number of carbonyl (C=O) groups excluding carboxylic acids is 1. The highest BCUT2D eigenvalue weighted by Gasteiger charge is 2.10. The summed E-state index contributed by atoms with van der Waals surface area (Å²) in [4.78, 5) is 16.7. The molecule has 1 amide bonds. The minimum atomic E-state index is -0.217. The molecule has 0 unspecified atom stereocenters. The zero-order valence-corrected chi connectivity index (χ0v) is 13.5. The maximum absolute atomic E-state index is 12.3. The molecule has 23 heavy (non-hydrogen) atoms. The van der Waals surface area contributed by atoms with Gasteiger partial charge in [-0.15, -0.1) is 0 Å². The molecule has 116 valence electrons. The Hall–Kier alpha value is -2.73. The van der Waals surface area contributed by atoms with Crippen LogP contribution in [-0.2, 0) is 0 Å². The van der Waals surface area contributed by atoms with Gasteiger partial charge >= 0.3 is 0 Å². The van der Waals surface area contributed by atoms with Gasteiger partial charge in [0, 0.05) is 11.3 Å². The van der Waals surface area contributed by atoms with Crippen LogP contribution in [0, 0.1) is 5.41 Å². The van der Waals surface area contributed by atoms with Crippen LogP contribution < -0.4 is 10.1 Å². The molecule has 0 fully saturated rings. The summed E-state index contributed by atoms with van der Waals surface area (Å²) < 4.78 is 6.14. The van der Waals surface area contributed by atoms with Crippen LogP contribution in [0.3, 0.4) is 0 Å². The van der Waals surface area contributed by atoms with E-state index in [2.05, 4.69) is 10.3 Å². The number of rotatable bonds is 4. The number of methoxy groups -OCH3 is 1. The Morgan fingerprint density at radius 1 is 1.17 bits per heavy atom. The van der Waals surface area contributed by atoms with Gasteiger partial charge in [-0.3, -0.25) is 10.1 Å². The van der Waals surface area contributed by atoms with E-state index in [0.717, 1.165) is 21.5 Å². The molecule has 1 aromatic heterocycles. The summed E-state index contributed by atoms with van der Waals surface area (Å²) in [5.41, 5.74) is 2.62. The average molecular weight is 325 g/mol. The molecule has 5 nitrogen and oxygen atoms in total. The molecule has 0 bridgehead atoms. The summed E-state index contributed by atoms with van der Waals surface area (Å²) in [6.45, 7) is 1.71. The fraction of sp³-hybridized carbons (Fsp3) is 0.118. The van der Waals surface area contributed by atoms with Crippen molar-refractivity contribution in [3.05, 3.63) is 53.6 Å². The van der Waals surface area contributed by atoms with E-state index in [1.54, 1.807) is 38.3 Å². The van der Waals surface area contributed by atoms with Crippen LogP contribution in [0.5, 0.6) is 5.75 Å². The Labute approximate surface area is 137 Å². The molecule has 0 aliphatic heterocycles. The second-order valence-electron chi connectivity index (χ2n) is 5.01. The predicted octanol–water partition coefficient (Wildman–Crippen LogP) is 3.94. The van der Waals surface area contributed by atoms with E-state index >= 15 is 0 Å². The molecule has 0 saturated carbocycles. The molecule has 0 spiro atoms. The molecule has 0 aliphatic rings. The van der Waals surface area contributed by atoms with E-state index in [1.807, 2.05) is 18.2 Å². The van der Waals surface area contributed by atoms with Crippen LogP contribution >= 0.6 is 11.3 Å². The maximum Gasteiger partial charge on any atom is 0.257 e. The van der Waals surface area contributed by atoms with Crippen molar-refractivity contribution in [1.29, 1.82) is 5.41 Å². The van der Waals surface area contributed by atoms with Crippen LogP contribution in [0.2, 0.25) is 0 Å². The number of hydrogen-bond donors (Lipinski definition) is 2. The van der Waals surface area contributed by atoms with Gasteiger partial charge in [-0.25, -0.2) is 4.98 Å². The quantitative estimate of drug-likeness (QED) is 0.713. The lowest BCUT2D eigenvalue weighted by atomic mass is 10.1. The normalized spacial score (nSPS) is 10.5. The molecule has 0 aliphatic carbocycles. The number of fused-ring (bicyclic) bond motifs is 1. The van der Waals surface area contributed by atoms with E-state index in [4.69, 9.17) is 10.1 Å². The minimum Gasteiger partial charge on any atom is -0.497 e. The third kappa shape index (κ3) is 3.22. The zero-order valence-electron chi connectivity index (χ0n) is 12.7. The van der Waals surface area contributed by atoms with Gasteiger partial charge in [0.25, 0.3) is 5.91 Å². The monoisotopic (exact) mass is 325 g/mol. The van der Waals surface area contributed by atoms with Crippen molar-refractivity contribution in [1.82, 2.24) is 4.98 Å². The summed E-state index contributed by atoms with van der Waals surface area (Å²) in [7, 11) is 1.62.